The molecule has 1 aliphatic heterocycles. The van der Waals surface area contributed by atoms with Crippen LogP contribution in [0.3, 0.4) is 0 Å². The molecule has 2 rings (SSSR count). The van der Waals surface area contributed by atoms with Crippen LogP contribution >= 0.6 is 0 Å². The summed E-state index contributed by atoms with van der Waals surface area (Å²) < 4.78 is 0. The Hall–Kier alpha value is -2.18. The van der Waals surface area contributed by atoms with Crippen LogP contribution in [0.1, 0.15) is 12.5 Å². The molecule has 1 aromatic rings. The molecule has 0 aromatic heterocycles. The Morgan fingerprint density at radius 3 is 2.57 bits per heavy atom. The summed E-state index contributed by atoms with van der Waals surface area (Å²) in [7, 11) is 0. The largest absolute Gasteiger partial charge is 0.478 e. The van der Waals surface area contributed by atoms with Gasteiger partial charge in [-0.15, -0.1) is 0 Å². The summed E-state index contributed by atoms with van der Waals surface area (Å²) in [6, 6.07) is 9.49. The van der Waals surface area contributed by atoms with Crippen LogP contribution in [0.2, 0.25) is 0 Å². The lowest BCUT2D eigenvalue weighted by Crippen LogP contribution is -2.56. The molecule has 1 aromatic carbocycles. The third-order valence-corrected chi connectivity index (χ3v) is 3.32. The Bertz CT molecular complexity index is 556. The van der Waals surface area contributed by atoms with Crippen LogP contribution in [0.25, 0.3) is 0 Å². The van der Waals surface area contributed by atoms with E-state index in [2.05, 4.69) is 5.32 Å². The average molecular weight is 290 g/mol. The first-order valence-electron chi connectivity index (χ1n) is 6.64. The molecule has 6 nitrogen and oxygen atoms in total. The van der Waals surface area contributed by atoms with Crippen molar-refractivity contribution in [2.75, 3.05) is 6.54 Å². The van der Waals surface area contributed by atoms with Crippen LogP contribution in [0.15, 0.2) is 42.0 Å². The first-order chi connectivity index (χ1) is 9.97. The summed E-state index contributed by atoms with van der Waals surface area (Å²) in [5.41, 5.74) is 1.10. The van der Waals surface area contributed by atoms with Crippen molar-refractivity contribution >= 4 is 11.9 Å². The van der Waals surface area contributed by atoms with Gasteiger partial charge in [-0.05, 0) is 11.6 Å². The van der Waals surface area contributed by atoms with E-state index < -0.39 is 18.2 Å². The molecule has 2 atom stereocenters. The van der Waals surface area contributed by atoms with Gasteiger partial charge < -0.3 is 15.5 Å². The second-order valence-corrected chi connectivity index (χ2v) is 5.02. The zero-order valence-electron chi connectivity index (χ0n) is 11.7. The summed E-state index contributed by atoms with van der Waals surface area (Å²) in [5.74, 6) is -1.34. The summed E-state index contributed by atoms with van der Waals surface area (Å²) in [6.45, 7) is 1.96. The van der Waals surface area contributed by atoms with Crippen LogP contribution in [-0.2, 0) is 16.1 Å². The number of aliphatic hydroxyl groups is 1. The highest BCUT2D eigenvalue weighted by Gasteiger charge is 2.32. The van der Waals surface area contributed by atoms with E-state index in [1.807, 2.05) is 30.3 Å². The van der Waals surface area contributed by atoms with E-state index in [-0.39, 0.29) is 18.0 Å². The number of carboxylic acids is 1. The molecule has 112 valence electrons. The molecule has 1 aliphatic rings. The molecule has 21 heavy (non-hydrogen) atoms. The molecule has 0 bridgehead atoms. The van der Waals surface area contributed by atoms with Gasteiger partial charge in [0.2, 0.25) is 5.91 Å². The first-order valence-corrected chi connectivity index (χ1v) is 6.64. The maximum atomic E-state index is 11.3. The highest BCUT2D eigenvalue weighted by Crippen LogP contribution is 2.18. The molecule has 0 saturated carbocycles. The highest BCUT2D eigenvalue weighted by atomic mass is 16.4. The van der Waals surface area contributed by atoms with E-state index in [1.54, 1.807) is 4.90 Å². The predicted octanol–water partition coefficient (Wildman–Crippen LogP) is 0.336. The van der Waals surface area contributed by atoms with Crippen LogP contribution in [0.4, 0.5) is 0 Å². The Labute approximate surface area is 122 Å². The molecule has 6 heteroatoms. The van der Waals surface area contributed by atoms with Crippen molar-refractivity contribution in [3.05, 3.63) is 47.5 Å². The number of benzene rings is 1. The topological polar surface area (TPSA) is 89.9 Å². The second kappa shape index (κ2) is 6.51. The molecular weight excluding hydrogens is 272 g/mol. The van der Waals surface area contributed by atoms with Crippen LogP contribution in [0, 0.1) is 0 Å². The van der Waals surface area contributed by atoms with E-state index in [0.717, 1.165) is 5.56 Å². The lowest BCUT2D eigenvalue weighted by atomic mass is 10.0. The summed E-state index contributed by atoms with van der Waals surface area (Å²) in [6.07, 6.45) is -0.409. The van der Waals surface area contributed by atoms with E-state index in [0.29, 0.717) is 6.54 Å². The fourth-order valence-corrected chi connectivity index (χ4v) is 2.38. The van der Waals surface area contributed by atoms with E-state index >= 15 is 0 Å². The summed E-state index contributed by atoms with van der Waals surface area (Å²) in [5, 5.41) is 21.9. The fourth-order valence-electron chi connectivity index (χ4n) is 2.38. The standard InChI is InChI=1S/C15H18N2O4/c1-10(18)16-14-13(19)7-12(15(20)21)9-17(14)8-11-5-3-2-4-6-11/h2-7,13-14,19H,8-9H2,1H3,(H,16,18)(H,20,21)/t13-,14-/m0/s1. The number of nitrogens with zero attached hydrogens (tertiary/aromatic N) is 1. The number of nitrogens with one attached hydrogen (secondary N) is 1. The zero-order chi connectivity index (χ0) is 15.4. The normalized spacial score (nSPS) is 22.5. The Kier molecular flexibility index (Phi) is 4.72. The number of aliphatic hydroxyl groups excluding tert-OH is 1. The van der Waals surface area contributed by atoms with Crippen molar-refractivity contribution in [3.8, 4) is 0 Å². The first kappa shape index (κ1) is 15.2. The van der Waals surface area contributed by atoms with Crippen LogP contribution in [-0.4, -0.2) is 45.8 Å². The number of amides is 1. The number of rotatable bonds is 4. The van der Waals surface area contributed by atoms with Gasteiger partial charge in [0.15, 0.2) is 0 Å². The fraction of sp³-hybridized carbons (Fsp3) is 0.333. The zero-order valence-corrected chi connectivity index (χ0v) is 11.7. The van der Waals surface area contributed by atoms with Gasteiger partial charge in [-0.3, -0.25) is 9.69 Å². The smallest absolute Gasteiger partial charge is 0.332 e. The highest BCUT2D eigenvalue weighted by molar-refractivity contribution is 5.87. The van der Waals surface area contributed by atoms with Crippen molar-refractivity contribution < 1.29 is 19.8 Å². The van der Waals surface area contributed by atoms with E-state index in [1.165, 1.54) is 13.0 Å². The molecule has 0 fully saturated rings. The molecule has 0 saturated heterocycles. The Morgan fingerprint density at radius 1 is 1.33 bits per heavy atom. The minimum absolute atomic E-state index is 0.125. The minimum Gasteiger partial charge on any atom is -0.478 e. The third kappa shape index (κ3) is 3.90. The third-order valence-electron chi connectivity index (χ3n) is 3.32. The van der Waals surface area contributed by atoms with Crippen LogP contribution < -0.4 is 5.32 Å². The van der Waals surface area contributed by atoms with Gasteiger partial charge in [0.1, 0.15) is 12.3 Å². The van der Waals surface area contributed by atoms with Gasteiger partial charge in [0, 0.05) is 25.6 Å². The van der Waals surface area contributed by atoms with Crippen molar-refractivity contribution in [2.24, 2.45) is 0 Å². The lowest BCUT2D eigenvalue weighted by Gasteiger charge is -2.37. The van der Waals surface area contributed by atoms with Gasteiger partial charge in [-0.2, -0.15) is 0 Å². The van der Waals surface area contributed by atoms with E-state index in [4.69, 9.17) is 5.11 Å². The lowest BCUT2D eigenvalue weighted by molar-refractivity contribution is -0.133. The number of aliphatic carboxylic acids is 1. The van der Waals surface area contributed by atoms with Gasteiger partial charge in [0.25, 0.3) is 0 Å². The second-order valence-electron chi connectivity index (χ2n) is 5.02. The molecule has 1 amide bonds. The molecular formula is C15H18N2O4. The van der Waals surface area contributed by atoms with Gasteiger partial charge in [-0.25, -0.2) is 4.79 Å². The van der Waals surface area contributed by atoms with Gasteiger partial charge >= 0.3 is 5.97 Å². The molecule has 0 radical (unpaired) electrons. The van der Waals surface area contributed by atoms with Crippen molar-refractivity contribution in [1.29, 1.82) is 0 Å². The molecule has 0 spiro atoms. The van der Waals surface area contributed by atoms with Crippen LogP contribution in [0.5, 0.6) is 0 Å². The quantitative estimate of drug-likeness (QED) is 0.744. The number of carbonyl (C=O) groups excluding carboxylic acids is 1. The predicted molar refractivity (Wildman–Crippen MR) is 76.2 cm³/mol. The number of hydrogen-bond donors (Lipinski definition) is 3. The maximum absolute atomic E-state index is 11.3. The average Bonchev–Trinajstić information content (AvgIpc) is 2.43. The van der Waals surface area contributed by atoms with Gasteiger partial charge in [0.05, 0.1) is 0 Å². The van der Waals surface area contributed by atoms with Gasteiger partial charge in [-0.1, -0.05) is 30.3 Å². The Morgan fingerprint density at radius 2 is 2.00 bits per heavy atom. The SMILES string of the molecule is CC(=O)N[C@@H]1[C@@H](O)C=C(C(=O)O)CN1Cc1ccccc1. The maximum Gasteiger partial charge on any atom is 0.332 e. The molecule has 3 N–H and O–H groups in total. The number of carbonyl (C=O) groups is 2. The summed E-state index contributed by atoms with van der Waals surface area (Å²) in [4.78, 5) is 24.2. The molecule has 0 aliphatic carbocycles. The van der Waals surface area contributed by atoms with E-state index in [9.17, 15) is 14.7 Å². The molecule has 0 unspecified atom stereocenters. The van der Waals surface area contributed by atoms with Crippen molar-refractivity contribution in [3.63, 3.8) is 0 Å². The monoisotopic (exact) mass is 290 g/mol. The van der Waals surface area contributed by atoms with Crippen molar-refractivity contribution in [2.45, 2.75) is 25.7 Å². The van der Waals surface area contributed by atoms with Crippen molar-refractivity contribution in [1.82, 2.24) is 10.2 Å². The Balaban J connectivity index is 2.23. The number of hydrogen-bond acceptors (Lipinski definition) is 4. The summed E-state index contributed by atoms with van der Waals surface area (Å²) >= 11 is 0. The number of carboxylic acid groups (broad SMARTS) is 1. The minimum atomic E-state index is -1.06. The molecule has 1 heterocycles.